The van der Waals surface area contributed by atoms with Gasteiger partial charge in [0.1, 0.15) is 0 Å². The highest BCUT2D eigenvalue weighted by atomic mass is 79.9. The molecule has 0 saturated heterocycles. The van der Waals surface area contributed by atoms with Crippen LogP contribution in [0.3, 0.4) is 0 Å². The summed E-state index contributed by atoms with van der Waals surface area (Å²) in [5.74, 6) is -0.142. The number of anilines is 1. The number of hydrogen-bond donors (Lipinski definition) is 1. The first-order chi connectivity index (χ1) is 7.71. The Balaban J connectivity index is 2.77. The van der Waals surface area contributed by atoms with Gasteiger partial charge in [-0.2, -0.15) is 0 Å². The van der Waals surface area contributed by atoms with Crippen LogP contribution in [0.1, 0.15) is 37.4 Å². The zero-order valence-electron chi connectivity index (χ0n) is 10.2. The third kappa shape index (κ3) is 3.89. The maximum Gasteiger partial charge on any atom is 0.231 e. The average molecular weight is 319 g/mol. The van der Waals surface area contributed by atoms with Gasteiger partial charge in [-0.15, -0.1) is 0 Å². The zero-order valence-corrected chi connectivity index (χ0v) is 12.6. The Morgan fingerprint density at radius 2 is 2.06 bits per heavy atom. The Morgan fingerprint density at radius 1 is 1.47 bits per heavy atom. The number of amides is 1. The molecular weight excluding hydrogens is 304 g/mol. The molecule has 0 aromatic carbocycles. The lowest BCUT2D eigenvalue weighted by atomic mass is 9.96. The number of thiazole rings is 1. The van der Waals surface area contributed by atoms with Gasteiger partial charge in [0, 0.05) is 5.41 Å². The van der Waals surface area contributed by atoms with Crippen molar-refractivity contribution in [3.8, 4) is 0 Å². The van der Waals surface area contributed by atoms with Gasteiger partial charge < -0.3 is 5.32 Å². The molecule has 94 valence electrons. The van der Waals surface area contributed by atoms with E-state index in [0.717, 1.165) is 0 Å². The van der Waals surface area contributed by atoms with Gasteiger partial charge in [-0.05, 0) is 6.92 Å². The van der Waals surface area contributed by atoms with Crippen molar-refractivity contribution in [1.29, 1.82) is 0 Å². The van der Waals surface area contributed by atoms with E-state index in [1.165, 1.54) is 17.5 Å². The number of carbonyl (C=O) groups is 2. The van der Waals surface area contributed by atoms with Gasteiger partial charge in [-0.1, -0.05) is 48.0 Å². The molecule has 0 aliphatic carbocycles. The van der Waals surface area contributed by atoms with Gasteiger partial charge in [0.15, 0.2) is 10.9 Å². The second-order valence-corrected chi connectivity index (χ2v) is 7.12. The lowest BCUT2D eigenvalue weighted by Crippen LogP contribution is -2.27. The Kier molecular flexibility index (Phi) is 4.43. The van der Waals surface area contributed by atoms with Crippen molar-refractivity contribution in [2.45, 2.75) is 32.5 Å². The third-order valence-electron chi connectivity index (χ3n) is 2.01. The quantitative estimate of drug-likeness (QED) is 0.688. The fourth-order valence-electron chi connectivity index (χ4n) is 0.926. The zero-order chi connectivity index (χ0) is 13.2. The first-order valence-electron chi connectivity index (χ1n) is 5.17. The van der Waals surface area contributed by atoms with Crippen molar-refractivity contribution in [2.24, 2.45) is 5.41 Å². The molecule has 17 heavy (non-hydrogen) atoms. The van der Waals surface area contributed by atoms with Gasteiger partial charge in [-0.3, -0.25) is 9.59 Å². The molecule has 1 unspecified atom stereocenters. The van der Waals surface area contributed by atoms with Gasteiger partial charge in [-0.25, -0.2) is 4.98 Å². The van der Waals surface area contributed by atoms with Crippen LogP contribution >= 0.6 is 27.3 Å². The van der Waals surface area contributed by atoms with E-state index in [9.17, 15) is 9.59 Å². The molecule has 1 rings (SSSR count). The highest BCUT2D eigenvalue weighted by Gasteiger charge is 2.23. The number of alkyl halides is 1. The van der Waals surface area contributed by atoms with E-state index in [0.29, 0.717) is 10.0 Å². The maximum absolute atomic E-state index is 11.7. The predicted molar refractivity (Wildman–Crippen MR) is 72.9 cm³/mol. The van der Waals surface area contributed by atoms with Crippen LogP contribution in [0.5, 0.6) is 0 Å². The Morgan fingerprint density at radius 3 is 2.53 bits per heavy atom. The maximum atomic E-state index is 11.7. The molecular formula is C11H15BrN2O2S. The van der Waals surface area contributed by atoms with E-state index in [4.69, 9.17) is 0 Å². The van der Waals surface area contributed by atoms with E-state index < -0.39 is 5.41 Å². The number of rotatable bonds is 3. The topological polar surface area (TPSA) is 59.1 Å². The summed E-state index contributed by atoms with van der Waals surface area (Å²) in [4.78, 5) is 27.7. The number of ketones is 1. The van der Waals surface area contributed by atoms with Gasteiger partial charge in [0.2, 0.25) is 5.91 Å². The standard InChI is InChI=1S/C11H15BrN2O2S/c1-6(12)8(15)7-5-13-10(17-7)14-9(16)11(2,3)4/h5-6H,1-4H3,(H,13,14,16). The lowest BCUT2D eigenvalue weighted by molar-refractivity contribution is -0.123. The van der Waals surface area contributed by atoms with Crippen LogP contribution in [0.25, 0.3) is 0 Å². The molecule has 0 bridgehead atoms. The Bertz CT molecular complexity index is 435. The Labute approximate surface area is 113 Å². The summed E-state index contributed by atoms with van der Waals surface area (Å²) in [5.41, 5.74) is -0.474. The summed E-state index contributed by atoms with van der Waals surface area (Å²) in [5, 5.41) is 3.16. The minimum Gasteiger partial charge on any atom is -0.302 e. The number of Topliss-reactive ketones (excluding diaryl/α,β-unsaturated/α-hetero) is 1. The summed E-state index contributed by atoms with van der Waals surface area (Å²) >= 11 is 4.40. The lowest BCUT2D eigenvalue weighted by Gasteiger charge is -2.15. The molecule has 1 N–H and O–H groups in total. The molecule has 1 aromatic rings. The largest absolute Gasteiger partial charge is 0.302 e. The molecule has 0 radical (unpaired) electrons. The van der Waals surface area contributed by atoms with Crippen LogP contribution in [0.15, 0.2) is 6.20 Å². The number of hydrogen-bond acceptors (Lipinski definition) is 4. The highest BCUT2D eigenvalue weighted by molar-refractivity contribution is 9.10. The van der Waals surface area contributed by atoms with Crippen LogP contribution in [0, 0.1) is 5.41 Å². The van der Waals surface area contributed by atoms with Crippen molar-refractivity contribution in [3.05, 3.63) is 11.1 Å². The molecule has 1 heterocycles. The van der Waals surface area contributed by atoms with Crippen molar-refractivity contribution >= 4 is 44.1 Å². The van der Waals surface area contributed by atoms with Crippen LogP contribution in [0.4, 0.5) is 5.13 Å². The van der Waals surface area contributed by atoms with Crippen LogP contribution < -0.4 is 5.32 Å². The fourth-order valence-corrected chi connectivity index (χ4v) is 2.16. The number of nitrogens with zero attached hydrogens (tertiary/aromatic N) is 1. The SMILES string of the molecule is CC(Br)C(=O)c1cnc(NC(=O)C(C)(C)C)s1. The molecule has 1 aromatic heterocycles. The van der Waals surface area contributed by atoms with Crippen molar-refractivity contribution in [2.75, 3.05) is 5.32 Å². The van der Waals surface area contributed by atoms with Crippen LogP contribution in [-0.2, 0) is 4.79 Å². The average Bonchev–Trinajstić information content (AvgIpc) is 2.63. The molecule has 4 nitrogen and oxygen atoms in total. The van der Waals surface area contributed by atoms with Gasteiger partial charge in [0.25, 0.3) is 0 Å². The van der Waals surface area contributed by atoms with Crippen molar-refractivity contribution in [1.82, 2.24) is 4.98 Å². The molecule has 1 amide bonds. The van der Waals surface area contributed by atoms with E-state index in [1.54, 1.807) is 6.92 Å². The first kappa shape index (κ1) is 14.3. The molecule has 1 atom stereocenters. The Hall–Kier alpha value is -0.750. The van der Waals surface area contributed by atoms with E-state index in [-0.39, 0.29) is 16.5 Å². The number of halogens is 1. The van der Waals surface area contributed by atoms with Crippen molar-refractivity contribution < 1.29 is 9.59 Å². The summed E-state index contributed by atoms with van der Waals surface area (Å²) in [6.07, 6.45) is 1.49. The van der Waals surface area contributed by atoms with Gasteiger partial charge >= 0.3 is 0 Å². The van der Waals surface area contributed by atoms with Crippen LogP contribution in [-0.4, -0.2) is 21.5 Å². The second-order valence-electron chi connectivity index (χ2n) is 4.71. The number of aromatic nitrogens is 1. The third-order valence-corrected chi connectivity index (χ3v) is 3.35. The minimum atomic E-state index is -0.474. The molecule has 6 heteroatoms. The summed E-state index contributed by atoms with van der Waals surface area (Å²) < 4.78 is 0. The second kappa shape index (κ2) is 5.27. The normalized spacial score (nSPS) is 13.2. The van der Waals surface area contributed by atoms with Crippen molar-refractivity contribution in [3.63, 3.8) is 0 Å². The summed E-state index contributed by atoms with van der Waals surface area (Å²) in [6, 6.07) is 0. The van der Waals surface area contributed by atoms with Crippen LogP contribution in [0.2, 0.25) is 0 Å². The summed E-state index contributed by atoms with van der Waals surface area (Å²) in [7, 11) is 0. The molecule has 0 aliphatic rings. The number of nitrogens with one attached hydrogen (secondary N) is 1. The first-order valence-corrected chi connectivity index (χ1v) is 6.90. The van der Waals surface area contributed by atoms with E-state index in [2.05, 4.69) is 26.2 Å². The smallest absolute Gasteiger partial charge is 0.231 e. The van der Waals surface area contributed by atoms with E-state index >= 15 is 0 Å². The highest BCUT2D eigenvalue weighted by Crippen LogP contribution is 2.23. The number of carbonyl (C=O) groups excluding carboxylic acids is 2. The molecule has 0 spiro atoms. The summed E-state index contributed by atoms with van der Waals surface area (Å²) in [6.45, 7) is 7.23. The molecule has 0 saturated carbocycles. The molecule has 0 fully saturated rings. The van der Waals surface area contributed by atoms with E-state index in [1.807, 2.05) is 20.8 Å². The predicted octanol–water partition coefficient (Wildman–Crippen LogP) is 3.09. The molecule has 0 aliphatic heterocycles. The van der Waals surface area contributed by atoms with Gasteiger partial charge in [0.05, 0.1) is 15.9 Å². The monoisotopic (exact) mass is 318 g/mol. The fraction of sp³-hybridized carbons (Fsp3) is 0.545. The minimum absolute atomic E-state index is 0.0289.